The molecule has 1 rings (SSSR count). The highest BCUT2D eigenvalue weighted by atomic mass is 32.2. The smallest absolute Gasteiger partial charge is 0.283 e. The second kappa shape index (κ2) is 4.70. The fourth-order valence-corrected chi connectivity index (χ4v) is 1.96. The first-order chi connectivity index (χ1) is 9.05. The molecule has 0 heterocycles. The summed E-state index contributed by atoms with van der Waals surface area (Å²) in [5.41, 5.74) is -2.26. The molecule has 1 aromatic carbocycles. The molecule has 0 aliphatic heterocycles. The maximum Gasteiger partial charge on any atom is 0.302 e. The Kier molecular flexibility index (Phi) is 3.72. The van der Waals surface area contributed by atoms with Crippen molar-refractivity contribution in [2.75, 3.05) is 0 Å². The second-order valence-corrected chi connectivity index (χ2v) is 4.89. The van der Waals surface area contributed by atoms with E-state index in [0.717, 1.165) is 0 Å². The van der Waals surface area contributed by atoms with Crippen LogP contribution in [0.3, 0.4) is 0 Å². The molecule has 0 atom stereocenters. The molecule has 0 radical (unpaired) electrons. The number of nitrogens with zero attached hydrogens (tertiary/aromatic N) is 2. The largest absolute Gasteiger partial charge is 0.302 e. The van der Waals surface area contributed by atoms with Gasteiger partial charge in [0.1, 0.15) is 12.1 Å². The average molecular weight is 312 g/mol. The first kappa shape index (κ1) is 15.8. The van der Waals surface area contributed by atoms with Crippen LogP contribution in [0.5, 0.6) is 0 Å². The van der Waals surface area contributed by atoms with Crippen molar-refractivity contribution in [1.82, 2.24) is 0 Å². The molecule has 1 aromatic rings. The summed E-state index contributed by atoms with van der Waals surface area (Å²) in [5.74, 6) is -13.1. The minimum absolute atomic E-state index is 0.542. The van der Waals surface area contributed by atoms with E-state index >= 15 is 0 Å². The summed E-state index contributed by atoms with van der Waals surface area (Å²) in [6.07, 6.45) is 0. The summed E-state index contributed by atoms with van der Waals surface area (Å²) >= 11 is 0. The van der Waals surface area contributed by atoms with Gasteiger partial charge >= 0.3 is 10.1 Å². The third kappa shape index (κ3) is 1.88. The molecule has 0 fully saturated rings. The van der Waals surface area contributed by atoms with Gasteiger partial charge in [-0.2, -0.15) is 18.9 Å². The third-order valence-electron chi connectivity index (χ3n) is 2.26. The van der Waals surface area contributed by atoms with Crippen LogP contribution in [-0.2, 0) is 14.9 Å². The summed E-state index contributed by atoms with van der Waals surface area (Å²) in [6, 6.07) is 1.08. The maximum absolute atomic E-state index is 13.4. The van der Waals surface area contributed by atoms with Gasteiger partial charge in [0.05, 0.1) is 5.56 Å². The number of hydrogen-bond acceptors (Lipinski definition) is 4. The standard InChI is InChI=1S/C9HF5N2O3S/c10-4-3(5(11)7(13)8(14)6(4)12)9(1-15,2-16)20(17,18)19/h(H,17,18,19). The van der Waals surface area contributed by atoms with Gasteiger partial charge in [0.25, 0.3) is 4.75 Å². The van der Waals surface area contributed by atoms with Crippen molar-refractivity contribution in [3.8, 4) is 12.1 Å². The summed E-state index contributed by atoms with van der Waals surface area (Å²) in [4.78, 5) is 0. The van der Waals surface area contributed by atoms with Crippen LogP contribution in [0.2, 0.25) is 0 Å². The number of halogens is 5. The van der Waals surface area contributed by atoms with E-state index in [-0.39, 0.29) is 0 Å². The van der Waals surface area contributed by atoms with E-state index in [1.165, 1.54) is 0 Å². The monoisotopic (exact) mass is 312 g/mol. The second-order valence-electron chi connectivity index (χ2n) is 3.32. The van der Waals surface area contributed by atoms with E-state index in [4.69, 9.17) is 15.1 Å². The normalized spacial score (nSPS) is 11.8. The number of benzene rings is 1. The van der Waals surface area contributed by atoms with Gasteiger partial charge in [0.2, 0.25) is 5.82 Å². The van der Waals surface area contributed by atoms with Crippen molar-refractivity contribution >= 4 is 10.1 Å². The predicted octanol–water partition coefficient (Wildman–Crippen LogP) is 1.51. The summed E-state index contributed by atoms with van der Waals surface area (Å²) in [5, 5.41) is 17.2. The minimum atomic E-state index is -5.83. The van der Waals surface area contributed by atoms with Gasteiger partial charge < -0.3 is 0 Å². The first-order valence-corrected chi connectivity index (χ1v) is 5.80. The fraction of sp³-hybridized carbons (Fsp3) is 0.111. The van der Waals surface area contributed by atoms with Gasteiger partial charge in [-0.3, -0.25) is 4.55 Å². The lowest BCUT2D eigenvalue weighted by molar-refractivity contribution is 0.365. The van der Waals surface area contributed by atoms with Crippen molar-refractivity contribution in [3.63, 3.8) is 0 Å². The van der Waals surface area contributed by atoms with Crippen LogP contribution in [0.25, 0.3) is 0 Å². The Balaban J connectivity index is 4.09. The molecule has 0 bridgehead atoms. The highest BCUT2D eigenvalue weighted by molar-refractivity contribution is 7.87. The lowest BCUT2D eigenvalue weighted by Gasteiger charge is -2.17. The summed E-state index contributed by atoms with van der Waals surface area (Å²) in [6.45, 7) is 0. The third-order valence-corrected chi connectivity index (χ3v) is 3.42. The molecule has 0 spiro atoms. The van der Waals surface area contributed by atoms with Crippen molar-refractivity contribution in [3.05, 3.63) is 34.6 Å². The van der Waals surface area contributed by atoms with E-state index < -0.39 is 49.5 Å². The Hall–Kier alpha value is -2.24. The first-order valence-electron chi connectivity index (χ1n) is 4.36. The molecule has 1 N–H and O–H groups in total. The molecule has 20 heavy (non-hydrogen) atoms. The summed E-state index contributed by atoms with van der Waals surface area (Å²) in [7, 11) is -5.83. The van der Waals surface area contributed by atoms with Crippen molar-refractivity contribution in [2.45, 2.75) is 4.75 Å². The molecule has 0 aromatic heterocycles. The van der Waals surface area contributed by atoms with Crippen LogP contribution in [0.1, 0.15) is 5.56 Å². The van der Waals surface area contributed by atoms with Crippen LogP contribution in [-0.4, -0.2) is 13.0 Å². The summed E-state index contributed by atoms with van der Waals surface area (Å²) < 4.78 is 92.1. The lowest BCUT2D eigenvalue weighted by Crippen LogP contribution is -2.35. The molecule has 106 valence electrons. The van der Waals surface area contributed by atoms with E-state index in [1.54, 1.807) is 0 Å². The molecule has 0 aliphatic rings. The lowest BCUT2D eigenvalue weighted by atomic mass is 9.99. The van der Waals surface area contributed by atoms with Gasteiger partial charge in [-0.05, 0) is 0 Å². The molecule has 11 heteroatoms. The Morgan fingerprint density at radius 3 is 1.40 bits per heavy atom. The zero-order chi connectivity index (χ0) is 15.9. The number of rotatable bonds is 2. The highest BCUT2D eigenvalue weighted by Crippen LogP contribution is 2.35. The predicted molar refractivity (Wildman–Crippen MR) is 50.7 cm³/mol. The van der Waals surface area contributed by atoms with Crippen molar-refractivity contribution < 1.29 is 34.9 Å². The quantitative estimate of drug-likeness (QED) is 0.386. The Morgan fingerprint density at radius 1 is 0.850 bits per heavy atom. The molecule has 0 saturated carbocycles. The van der Waals surface area contributed by atoms with Crippen LogP contribution >= 0.6 is 0 Å². The number of nitriles is 2. The zero-order valence-electron chi connectivity index (χ0n) is 8.96. The topological polar surface area (TPSA) is 102 Å². The molecule has 0 aliphatic carbocycles. The Labute approximate surface area is 108 Å². The van der Waals surface area contributed by atoms with Gasteiger partial charge in [-0.25, -0.2) is 22.0 Å². The molecule has 0 amide bonds. The van der Waals surface area contributed by atoms with E-state index in [0.29, 0.717) is 12.1 Å². The molecule has 0 unspecified atom stereocenters. The van der Waals surface area contributed by atoms with Crippen LogP contribution in [0, 0.1) is 51.7 Å². The van der Waals surface area contributed by atoms with Gasteiger partial charge in [0.15, 0.2) is 23.3 Å². The van der Waals surface area contributed by atoms with E-state index in [1.807, 2.05) is 0 Å². The van der Waals surface area contributed by atoms with Crippen LogP contribution in [0.15, 0.2) is 0 Å². The van der Waals surface area contributed by atoms with Gasteiger partial charge in [-0.15, -0.1) is 0 Å². The van der Waals surface area contributed by atoms with Gasteiger partial charge in [-0.1, -0.05) is 0 Å². The molecular formula is C9HF5N2O3S. The maximum atomic E-state index is 13.4. The van der Waals surface area contributed by atoms with Crippen molar-refractivity contribution in [1.29, 1.82) is 10.5 Å². The van der Waals surface area contributed by atoms with Crippen LogP contribution < -0.4 is 0 Å². The number of hydrogen-bond donors (Lipinski definition) is 1. The fourth-order valence-electron chi connectivity index (χ4n) is 1.30. The van der Waals surface area contributed by atoms with Crippen molar-refractivity contribution in [2.24, 2.45) is 0 Å². The zero-order valence-corrected chi connectivity index (χ0v) is 9.77. The SMILES string of the molecule is N#CC(C#N)(c1c(F)c(F)c(F)c(F)c1F)S(=O)(=O)O. The molecule has 0 saturated heterocycles. The molecular weight excluding hydrogens is 311 g/mol. The van der Waals surface area contributed by atoms with Gasteiger partial charge in [0, 0.05) is 0 Å². The average Bonchev–Trinajstić information content (AvgIpc) is 2.37. The molecule has 5 nitrogen and oxygen atoms in total. The van der Waals surface area contributed by atoms with E-state index in [9.17, 15) is 30.4 Å². The van der Waals surface area contributed by atoms with E-state index in [2.05, 4.69) is 0 Å². The highest BCUT2D eigenvalue weighted by Gasteiger charge is 2.52. The van der Waals surface area contributed by atoms with Crippen LogP contribution in [0.4, 0.5) is 22.0 Å². The Morgan fingerprint density at radius 2 is 1.15 bits per heavy atom. The minimum Gasteiger partial charge on any atom is -0.283 e. The Bertz CT molecular complexity index is 735.